The van der Waals surface area contributed by atoms with Gasteiger partial charge in [-0.3, -0.25) is 14.7 Å². The Labute approximate surface area is 209 Å². The third-order valence-corrected chi connectivity index (χ3v) is 5.41. The second-order valence-corrected chi connectivity index (χ2v) is 8.16. The minimum atomic E-state index is -0.666. The molecule has 1 aliphatic rings. The number of nitrogens with zero attached hydrogens (tertiary/aromatic N) is 3. The van der Waals surface area contributed by atoms with Gasteiger partial charge in [0.25, 0.3) is 0 Å². The fourth-order valence-corrected chi connectivity index (χ4v) is 3.53. The second-order valence-electron chi connectivity index (χ2n) is 8.16. The van der Waals surface area contributed by atoms with E-state index >= 15 is 0 Å². The highest BCUT2D eigenvalue weighted by atomic mass is 16.6. The largest absolute Gasteiger partial charge is 0.444 e. The molecule has 0 bridgehead atoms. The molecule has 9 nitrogen and oxygen atoms in total. The van der Waals surface area contributed by atoms with Crippen LogP contribution in [0.3, 0.4) is 0 Å². The Morgan fingerprint density at radius 3 is 0.972 bits per heavy atom. The summed E-state index contributed by atoms with van der Waals surface area (Å²) in [6, 6.07) is 27.7. The van der Waals surface area contributed by atoms with Gasteiger partial charge in [0.1, 0.15) is 39.8 Å². The zero-order chi connectivity index (χ0) is 25.2. The van der Waals surface area contributed by atoms with E-state index in [9.17, 15) is 14.4 Å². The van der Waals surface area contributed by atoms with E-state index in [4.69, 9.17) is 14.2 Å². The van der Waals surface area contributed by atoms with E-state index in [2.05, 4.69) is 0 Å². The molecule has 4 rings (SSSR count). The van der Waals surface area contributed by atoms with Gasteiger partial charge in [0, 0.05) is 0 Å². The normalized spacial score (nSPS) is 13.2. The highest BCUT2D eigenvalue weighted by Crippen LogP contribution is 2.15. The van der Waals surface area contributed by atoms with Gasteiger partial charge in [-0.1, -0.05) is 91.0 Å². The number of rotatable bonds is 6. The van der Waals surface area contributed by atoms with Crippen LogP contribution in [0.5, 0.6) is 0 Å². The van der Waals surface area contributed by atoms with Crippen molar-refractivity contribution in [2.75, 3.05) is 20.0 Å². The smallest absolute Gasteiger partial charge is 0.412 e. The Bertz CT molecular complexity index is 992. The number of ether oxygens (including phenoxy) is 3. The molecular weight excluding hydrogens is 462 g/mol. The maximum atomic E-state index is 12.8. The van der Waals surface area contributed by atoms with Crippen molar-refractivity contribution in [3.63, 3.8) is 0 Å². The van der Waals surface area contributed by atoms with Gasteiger partial charge in [0.2, 0.25) is 0 Å². The van der Waals surface area contributed by atoms with Crippen LogP contribution in [0, 0.1) is 0 Å². The molecule has 0 radical (unpaired) electrons. The Balaban J connectivity index is 1.40. The second kappa shape index (κ2) is 12.3. The standard InChI is InChI=1S/C27H27N3O6/c31-25(34-16-22-10-4-1-5-11-22)28-19-29(26(32)35-17-23-12-6-2-7-13-23)21-30(20-28)27(33)36-18-24-14-8-3-9-15-24/h1-15H,16-21H2. The van der Waals surface area contributed by atoms with Crippen LogP contribution >= 0.6 is 0 Å². The first-order valence-electron chi connectivity index (χ1n) is 11.5. The molecule has 0 N–H and O–H groups in total. The maximum Gasteiger partial charge on any atom is 0.412 e. The first kappa shape index (κ1) is 24.6. The fourth-order valence-electron chi connectivity index (χ4n) is 3.53. The first-order valence-corrected chi connectivity index (χ1v) is 11.5. The van der Waals surface area contributed by atoms with Crippen LogP contribution in [-0.2, 0) is 34.0 Å². The van der Waals surface area contributed by atoms with Crippen LogP contribution in [0.1, 0.15) is 16.7 Å². The Morgan fingerprint density at radius 2 is 0.722 bits per heavy atom. The molecule has 3 amide bonds. The Kier molecular flexibility index (Phi) is 8.37. The van der Waals surface area contributed by atoms with Gasteiger partial charge in [-0.2, -0.15) is 0 Å². The number of hydrogen-bond acceptors (Lipinski definition) is 6. The molecule has 0 unspecified atom stereocenters. The topological polar surface area (TPSA) is 88.6 Å². The Morgan fingerprint density at radius 1 is 0.472 bits per heavy atom. The molecule has 1 saturated heterocycles. The van der Waals surface area contributed by atoms with E-state index in [1.165, 1.54) is 14.7 Å². The summed E-state index contributed by atoms with van der Waals surface area (Å²) in [5, 5.41) is 0. The lowest BCUT2D eigenvalue weighted by atomic mass is 10.2. The molecule has 0 saturated carbocycles. The number of benzene rings is 3. The third kappa shape index (κ3) is 6.99. The fraction of sp³-hybridized carbons (Fsp3) is 0.222. The van der Waals surface area contributed by atoms with E-state index in [0.29, 0.717) is 0 Å². The molecule has 0 atom stereocenters. The summed E-state index contributed by atoms with van der Waals surface area (Å²) in [6.45, 7) is -0.0929. The van der Waals surface area contributed by atoms with Crippen LogP contribution in [0.15, 0.2) is 91.0 Å². The molecule has 3 aromatic rings. The highest BCUT2D eigenvalue weighted by molar-refractivity contribution is 5.74. The van der Waals surface area contributed by atoms with Crippen LogP contribution in [0.4, 0.5) is 14.4 Å². The lowest BCUT2D eigenvalue weighted by Crippen LogP contribution is -2.59. The van der Waals surface area contributed by atoms with E-state index in [1.807, 2.05) is 91.0 Å². The SMILES string of the molecule is O=C(OCc1ccccc1)N1CN(C(=O)OCc2ccccc2)CN(C(=O)OCc2ccccc2)C1. The van der Waals surface area contributed by atoms with Gasteiger partial charge in [0.05, 0.1) is 0 Å². The summed E-state index contributed by atoms with van der Waals surface area (Å²) in [4.78, 5) is 42.2. The van der Waals surface area contributed by atoms with E-state index in [-0.39, 0.29) is 39.8 Å². The van der Waals surface area contributed by atoms with Gasteiger partial charge in [0.15, 0.2) is 0 Å². The molecular formula is C27H27N3O6. The quantitative estimate of drug-likeness (QED) is 0.463. The molecule has 0 spiro atoms. The van der Waals surface area contributed by atoms with Gasteiger partial charge >= 0.3 is 18.3 Å². The van der Waals surface area contributed by atoms with Crippen LogP contribution in [0.25, 0.3) is 0 Å². The van der Waals surface area contributed by atoms with Gasteiger partial charge in [-0.25, -0.2) is 14.4 Å². The van der Waals surface area contributed by atoms with Crippen LogP contribution < -0.4 is 0 Å². The van der Waals surface area contributed by atoms with Crippen molar-refractivity contribution in [2.45, 2.75) is 19.8 Å². The summed E-state index contributed by atoms with van der Waals surface area (Å²) in [7, 11) is 0. The van der Waals surface area contributed by atoms with E-state index in [0.717, 1.165) is 16.7 Å². The number of amides is 3. The lowest BCUT2D eigenvalue weighted by Gasteiger charge is -2.40. The number of hydrogen-bond donors (Lipinski definition) is 0. The molecule has 3 aromatic carbocycles. The molecule has 1 heterocycles. The van der Waals surface area contributed by atoms with Crippen LogP contribution in [0.2, 0.25) is 0 Å². The molecule has 9 heteroatoms. The first-order chi connectivity index (χ1) is 17.6. The molecule has 36 heavy (non-hydrogen) atoms. The zero-order valence-corrected chi connectivity index (χ0v) is 19.7. The van der Waals surface area contributed by atoms with Gasteiger partial charge < -0.3 is 14.2 Å². The van der Waals surface area contributed by atoms with E-state index in [1.54, 1.807) is 0 Å². The molecule has 0 aromatic heterocycles. The lowest BCUT2D eigenvalue weighted by molar-refractivity contribution is -0.0272. The van der Waals surface area contributed by atoms with Crippen molar-refractivity contribution in [1.29, 1.82) is 0 Å². The van der Waals surface area contributed by atoms with Crippen molar-refractivity contribution in [3.8, 4) is 0 Å². The molecule has 1 fully saturated rings. The molecule has 186 valence electrons. The average molecular weight is 490 g/mol. The van der Waals surface area contributed by atoms with Crippen molar-refractivity contribution in [1.82, 2.24) is 14.7 Å². The van der Waals surface area contributed by atoms with Crippen molar-refractivity contribution in [2.24, 2.45) is 0 Å². The van der Waals surface area contributed by atoms with Crippen molar-refractivity contribution in [3.05, 3.63) is 108 Å². The van der Waals surface area contributed by atoms with Gasteiger partial charge in [-0.15, -0.1) is 0 Å². The van der Waals surface area contributed by atoms with Crippen molar-refractivity contribution < 1.29 is 28.6 Å². The summed E-state index contributed by atoms with van der Waals surface area (Å²) < 4.78 is 16.2. The molecule has 0 aliphatic carbocycles. The number of carbonyl (C=O) groups excluding carboxylic acids is 3. The summed E-state index contributed by atoms with van der Waals surface area (Å²) >= 11 is 0. The zero-order valence-electron chi connectivity index (χ0n) is 19.7. The monoisotopic (exact) mass is 489 g/mol. The summed E-state index contributed by atoms with van der Waals surface area (Å²) in [6.07, 6.45) is -2.00. The predicted molar refractivity (Wildman–Crippen MR) is 130 cm³/mol. The average Bonchev–Trinajstić information content (AvgIpc) is 2.94. The van der Waals surface area contributed by atoms with Crippen LogP contribution in [-0.4, -0.2) is 53.0 Å². The van der Waals surface area contributed by atoms with E-state index < -0.39 is 18.3 Å². The number of carbonyl (C=O) groups is 3. The Hall–Kier alpha value is -4.53. The summed E-state index contributed by atoms with van der Waals surface area (Å²) in [5.74, 6) is 0. The third-order valence-electron chi connectivity index (χ3n) is 5.41. The summed E-state index contributed by atoms with van der Waals surface area (Å²) in [5.41, 5.74) is 2.46. The van der Waals surface area contributed by atoms with Gasteiger partial charge in [-0.05, 0) is 16.7 Å². The minimum Gasteiger partial charge on any atom is -0.444 e. The molecule has 1 aliphatic heterocycles. The minimum absolute atomic E-state index is 0.0626. The maximum absolute atomic E-state index is 12.8. The predicted octanol–water partition coefficient (Wildman–Crippen LogP) is 4.79. The highest BCUT2D eigenvalue weighted by Gasteiger charge is 2.34. The van der Waals surface area contributed by atoms with Crippen molar-refractivity contribution >= 4 is 18.3 Å².